The molecule has 0 unspecified atom stereocenters. The third-order valence-electron chi connectivity index (χ3n) is 4.12. The summed E-state index contributed by atoms with van der Waals surface area (Å²) in [6.07, 6.45) is 0.710. The van der Waals surface area contributed by atoms with Crippen molar-refractivity contribution in [1.29, 1.82) is 0 Å². The number of benzene rings is 1. The molecule has 0 spiro atoms. The lowest BCUT2D eigenvalue weighted by Gasteiger charge is -2.20. The maximum atomic E-state index is 12.8. The number of aryl methyl sites for hydroxylation is 1. The second-order valence-electron chi connectivity index (χ2n) is 6.08. The van der Waals surface area contributed by atoms with Gasteiger partial charge < -0.3 is 10.1 Å². The molecule has 136 valence electrons. The summed E-state index contributed by atoms with van der Waals surface area (Å²) in [5.74, 6) is -0.469. The van der Waals surface area contributed by atoms with Gasteiger partial charge in [0, 0.05) is 19.3 Å². The van der Waals surface area contributed by atoms with Crippen LogP contribution < -0.4 is 5.32 Å². The smallest absolute Gasteiger partial charge is 0.183 e. The fourth-order valence-corrected chi connectivity index (χ4v) is 7.54. The highest BCUT2D eigenvalue weighted by molar-refractivity contribution is 7.96. The Labute approximate surface area is 144 Å². The van der Waals surface area contributed by atoms with Crippen LogP contribution in [0.15, 0.2) is 29.2 Å². The van der Waals surface area contributed by atoms with Gasteiger partial charge in [-0.3, -0.25) is 0 Å². The van der Waals surface area contributed by atoms with Gasteiger partial charge in [0.1, 0.15) is 0 Å². The molecule has 0 radical (unpaired) electrons. The zero-order valence-electron chi connectivity index (χ0n) is 14.1. The second kappa shape index (κ2) is 7.95. The molecular weight excluding hydrogens is 350 g/mol. The molecule has 1 heterocycles. The van der Waals surface area contributed by atoms with E-state index in [4.69, 9.17) is 4.74 Å². The van der Waals surface area contributed by atoms with Crippen LogP contribution >= 0.6 is 0 Å². The number of hydrogen-bond acceptors (Lipinski definition) is 6. The molecule has 2 atom stereocenters. The van der Waals surface area contributed by atoms with E-state index in [9.17, 15) is 16.8 Å². The first-order valence-corrected chi connectivity index (χ1v) is 11.4. The predicted molar refractivity (Wildman–Crippen MR) is 93.7 cm³/mol. The van der Waals surface area contributed by atoms with Crippen LogP contribution in [0.3, 0.4) is 0 Å². The summed E-state index contributed by atoms with van der Waals surface area (Å²) >= 11 is 0. The normalized spacial score (nSPS) is 23.4. The highest BCUT2D eigenvalue weighted by Gasteiger charge is 2.45. The van der Waals surface area contributed by atoms with E-state index in [1.165, 1.54) is 0 Å². The summed E-state index contributed by atoms with van der Waals surface area (Å²) < 4.78 is 54.9. The third kappa shape index (κ3) is 4.78. The van der Waals surface area contributed by atoms with Crippen LogP contribution in [-0.2, 0) is 24.4 Å². The Kier molecular flexibility index (Phi) is 6.41. The first kappa shape index (κ1) is 19.4. The Bertz CT molecular complexity index is 741. The highest BCUT2D eigenvalue weighted by atomic mass is 32.2. The van der Waals surface area contributed by atoms with Gasteiger partial charge in [0.2, 0.25) is 0 Å². The molecule has 24 heavy (non-hydrogen) atoms. The highest BCUT2D eigenvalue weighted by Crippen LogP contribution is 2.26. The SMILES string of the molecule is CCOCCCN[C@H]1CS(=O)(=O)C[C@@H]1S(=O)(=O)c1ccc(C)cc1. The van der Waals surface area contributed by atoms with E-state index in [2.05, 4.69) is 5.32 Å². The first-order valence-electron chi connectivity index (χ1n) is 8.08. The van der Waals surface area contributed by atoms with Crippen LogP contribution in [0, 0.1) is 6.92 Å². The Morgan fingerprint density at radius 3 is 2.50 bits per heavy atom. The van der Waals surface area contributed by atoms with Crippen molar-refractivity contribution >= 4 is 19.7 Å². The average Bonchev–Trinajstić information content (AvgIpc) is 2.83. The van der Waals surface area contributed by atoms with Gasteiger partial charge in [-0.15, -0.1) is 0 Å². The molecule has 1 aliphatic heterocycles. The Hall–Kier alpha value is -0.960. The summed E-state index contributed by atoms with van der Waals surface area (Å²) in [4.78, 5) is 0.177. The molecule has 0 saturated carbocycles. The van der Waals surface area contributed by atoms with Gasteiger partial charge in [-0.05, 0) is 38.9 Å². The summed E-state index contributed by atoms with van der Waals surface area (Å²) in [7, 11) is -7.06. The van der Waals surface area contributed by atoms with Crippen molar-refractivity contribution in [3.63, 3.8) is 0 Å². The summed E-state index contributed by atoms with van der Waals surface area (Å²) in [6.45, 7) is 5.50. The van der Waals surface area contributed by atoms with E-state index >= 15 is 0 Å². The van der Waals surface area contributed by atoms with Gasteiger partial charge in [0.25, 0.3) is 0 Å². The number of sulfone groups is 2. The van der Waals surface area contributed by atoms with Crippen molar-refractivity contribution < 1.29 is 21.6 Å². The van der Waals surface area contributed by atoms with Crippen molar-refractivity contribution in [3.05, 3.63) is 29.8 Å². The molecule has 6 nitrogen and oxygen atoms in total. The molecule has 1 saturated heterocycles. The van der Waals surface area contributed by atoms with E-state index in [0.29, 0.717) is 26.2 Å². The molecule has 0 aliphatic carbocycles. The van der Waals surface area contributed by atoms with Crippen molar-refractivity contribution in [2.45, 2.75) is 36.5 Å². The van der Waals surface area contributed by atoms with E-state index in [1.54, 1.807) is 24.3 Å². The van der Waals surface area contributed by atoms with E-state index in [-0.39, 0.29) is 16.4 Å². The van der Waals surface area contributed by atoms with Crippen molar-refractivity contribution in [1.82, 2.24) is 5.32 Å². The van der Waals surface area contributed by atoms with Crippen LogP contribution in [0.2, 0.25) is 0 Å². The Morgan fingerprint density at radius 2 is 1.88 bits per heavy atom. The second-order valence-corrected chi connectivity index (χ2v) is 10.4. The lowest BCUT2D eigenvalue weighted by Crippen LogP contribution is -2.43. The number of hydrogen-bond donors (Lipinski definition) is 1. The van der Waals surface area contributed by atoms with E-state index in [0.717, 1.165) is 5.56 Å². The summed E-state index contributed by atoms with van der Waals surface area (Å²) in [5.41, 5.74) is 0.957. The Balaban J connectivity index is 2.13. The van der Waals surface area contributed by atoms with Gasteiger partial charge in [0.15, 0.2) is 19.7 Å². The van der Waals surface area contributed by atoms with Crippen LogP contribution in [0.5, 0.6) is 0 Å². The van der Waals surface area contributed by atoms with Gasteiger partial charge >= 0.3 is 0 Å². The number of ether oxygens (including phenoxy) is 1. The molecule has 8 heteroatoms. The number of nitrogens with one attached hydrogen (secondary N) is 1. The summed E-state index contributed by atoms with van der Waals surface area (Å²) in [5, 5.41) is 2.15. The standard InChI is InChI=1S/C16H25NO5S2/c1-3-22-10-4-9-17-15-11-23(18,19)12-16(15)24(20,21)14-7-5-13(2)6-8-14/h5-8,15-17H,3-4,9-12H2,1-2H3/t15-,16-/m0/s1. The van der Waals surface area contributed by atoms with Crippen LogP contribution in [0.4, 0.5) is 0 Å². The van der Waals surface area contributed by atoms with Crippen molar-refractivity contribution in [3.8, 4) is 0 Å². The molecule has 1 N–H and O–H groups in total. The minimum atomic E-state index is -3.70. The minimum Gasteiger partial charge on any atom is -0.382 e. The van der Waals surface area contributed by atoms with Gasteiger partial charge in [-0.1, -0.05) is 17.7 Å². The quantitative estimate of drug-likeness (QED) is 0.681. The van der Waals surface area contributed by atoms with Gasteiger partial charge in [-0.25, -0.2) is 16.8 Å². The van der Waals surface area contributed by atoms with E-state index in [1.807, 2.05) is 13.8 Å². The van der Waals surface area contributed by atoms with Crippen molar-refractivity contribution in [2.24, 2.45) is 0 Å². The Morgan fingerprint density at radius 1 is 1.21 bits per heavy atom. The zero-order valence-corrected chi connectivity index (χ0v) is 15.7. The molecule has 0 aromatic heterocycles. The van der Waals surface area contributed by atoms with Crippen molar-refractivity contribution in [2.75, 3.05) is 31.3 Å². The number of rotatable bonds is 8. The van der Waals surface area contributed by atoms with Crippen LogP contribution in [0.25, 0.3) is 0 Å². The zero-order chi connectivity index (χ0) is 17.8. The topological polar surface area (TPSA) is 89.5 Å². The lowest BCUT2D eigenvalue weighted by atomic mass is 10.2. The van der Waals surface area contributed by atoms with E-state index < -0.39 is 31.0 Å². The molecular formula is C16H25NO5S2. The monoisotopic (exact) mass is 375 g/mol. The van der Waals surface area contributed by atoms with Crippen LogP contribution in [0.1, 0.15) is 18.9 Å². The summed E-state index contributed by atoms with van der Waals surface area (Å²) in [6, 6.07) is 5.95. The lowest BCUT2D eigenvalue weighted by molar-refractivity contribution is 0.144. The first-order chi connectivity index (χ1) is 11.3. The maximum absolute atomic E-state index is 12.8. The molecule has 1 aromatic carbocycles. The molecule has 2 rings (SSSR count). The predicted octanol–water partition coefficient (Wildman–Crippen LogP) is 0.951. The van der Waals surface area contributed by atoms with Gasteiger partial charge in [-0.2, -0.15) is 0 Å². The molecule has 0 amide bonds. The average molecular weight is 376 g/mol. The largest absolute Gasteiger partial charge is 0.382 e. The minimum absolute atomic E-state index is 0.141. The van der Waals surface area contributed by atoms with Crippen LogP contribution in [-0.4, -0.2) is 59.4 Å². The van der Waals surface area contributed by atoms with Gasteiger partial charge in [0.05, 0.1) is 21.7 Å². The molecule has 1 aromatic rings. The fraction of sp³-hybridized carbons (Fsp3) is 0.625. The molecule has 0 bridgehead atoms. The molecule has 1 fully saturated rings. The fourth-order valence-electron chi connectivity index (χ4n) is 2.82. The molecule has 1 aliphatic rings. The maximum Gasteiger partial charge on any atom is 0.183 e. The third-order valence-corrected chi connectivity index (χ3v) is 8.29.